The Balaban J connectivity index is 3.70. The highest BCUT2D eigenvalue weighted by atomic mass is 79.9. The maximum Gasteiger partial charge on any atom is 0.0439 e. The minimum Gasteiger partial charge on any atom is -0.324 e. The molecule has 0 radical (unpaired) electrons. The van der Waals surface area contributed by atoms with Crippen molar-refractivity contribution < 1.29 is 0 Å². The largest absolute Gasteiger partial charge is 0.324 e. The van der Waals surface area contributed by atoms with Crippen molar-refractivity contribution in [2.45, 2.75) is 6.92 Å². The van der Waals surface area contributed by atoms with Crippen LogP contribution in [-0.2, 0) is 0 Å². The first-order valence-corrected chi connectivity index (χ1v) is 3.82. The molecule has 0 aliphatic heterocycles. The lowest BCUT2D eigenvalue weighted by molar-refractivity contribution is 0.913. The molecular formula is C6H11BrN2. The zero-order valence-corrected chi connectivity index (χ0v) is 6.98. The van der Waals surface area contributed by atoms with Gasteiger partial charge in [0.25, 0.3) is 0 Å². The second kappa shape index (κ2) is 5.85. The SMILES string of the molecule is C/C=C(\C=C/CBr)NN. The van der Waals surface area contributed by atoms with Crippen molar-refractivity contribution in [2.24, 2.45) is 5.84 Å². The van der Waals surface area contributed by atoms with Gasteiger partial charge in [0, 0.05) is 11.0 Å². The van der Waals surface area contributed by atoms with Crippen LogP contribution in [0.1, 0.15) is 6.92 Å². The first-order chi connectivity index (χ1) is 4.35. The molecule has 2 nitrogen and oxygen atoms in total. The molecule has 9 heavy (non-hydrogen) atoms. The Bertz CT molecular complexity index is 118. The van der Waals surface area contributed by atoms with Crippen LogP contribution in [0, 0.1) is 0 Å². The van der Waals surface area contributed by atoms with Gasteiger partial charge in [0.15, 0.2) is 0 Å². The van der Waals surface area contributed by atoms with E-state index in [1.807, 2.05) is 25.2 Å². The Labute approximate surface area is 63.9 Å². The van der Waals surface area contributed by atoms with Gasteiger partial charge in [-0.25, -0.2) is 0 Å². The minimum absolute atomic E-state index is 0.853. The zero-order chi connectivity index (χ0) is 7.11. The van der Waals surface area contributed by atoms with Crippen LogP contribution in [0.5, 0.6) is 0 Å². The Hall–Kier alpha value is -0.280. The number of halogens is 1. The predicted octanol–water partition coefficient (Wildman–Crippen LogP) is 1.30. The number of hydrazine groups is 1. The first kappa shape index (κ1) is 8.72. The molecule has 0 bridgehead atoms. The fourth-order valence-corrected chi connectivity index (χ4v) is 0.586. The molecule has 0 aromatic rings. The molecule has 0 saturated heterocycles. The molecule has 0 atom stereocenters. The third-order valence-electron chi connectivity index (χ3n) is 0.864. The van der Waals surface area contributed by atoms with E-state index in [4.69, 9.17) is 5.84 Å². The highest BCUT2D eigenvalue weighted by Crippen LogP contribution is 1.90. The lowest BCUT2D eigenvalue weighted by Gasteiger charge is -1.95. The molecule has 0 aliphatic carbocycles. The number of alkyl halides is 1. The molecule has 52 valence electrons. The molecule has 0 spiro atoms. The van der Waals surface area contributed by atoms with Gasteiger partial charge in [-0.1, -0.05) is 28.1 Å². The fourth-order valence-electron chi connectivity index (χ4n) is 0.399. The Morgan fingerprint density at radius 3 is 2.78 bits per heavy atom. The maximum absolute atomic E-state index is 5.14. The summed E-state index contributed by atoms with van der Waals surface area (Å²) >= 11 is 3.25. The average molecular weight is 191 g/mol. The van der Waals surface area contributed by atoms with Crippen LogP contribution in [0.3, 0.4) is 0 Å². The number of allylic oxidation sites excluding steroid dienone is 3. The normalized spacial score (nSPS) is 12.6. The molecule has 0 amide bonds. The van der Waals surface area contributed by atoms with E-state index in [1.54, 1.807) is 0 Å². The quantitative estimate of drug-likeness (QED) is 0.305. The van der Waals surface area contributed by atoms with Gasteiger partial charge < -0.3 is 5.43 Å². The number of rotatable bonds is 3. The summed E-state index contributed by atoms with van der Waals surface area (Å²) < 4.78 is 0. The molecule has 0 aliphatic rings. The van der Waals surface area contributed by atoms with E-state index >= 15 is 0 Å². The van der Waals surface area contributed by atoms with Gasteiger partial charge in [0.2, 0.25) is 0 Å². The van der Waals surface area contributed by atoms with Gasteiger partial charge in [-0.05, 0) is 13.0 Å². The Kier molecular flexibility index (Phi) is 5.67. The van der Waals surface area contributed by atoms with Crippen LogP contribution in [0.25, 0.3) is 0 Å². The second-order valence-electron chi connectivity index (χ2n) is 1.45. The number of nitrogens with two attached hydrogens (primary N) is 1. The average Bonchev–Trinajstić information content (AvgIpc) is 1.91. The van der Waals surface area contributed by atoms with Crippen LogP contribution in [0.2, 0.25) is 0 Å². The molecule has 0 aromatic heterocycles. The molecule has 0 heterocycles. The van der Waals surface area contributed by atoms with E-state index in [2.05, 4.69) is 21.4 Å². The standard InChI is InChI=1S/C6H11BrN2/c1-2-6(9-8)4-3-5-7/h2-4,9H,5,8H2,1H3/b4-3-,6-2+. The van der Waals surface area contributed by atoms with Crippen LogP contribution in [0.15, 0.2) is 23.9 Å². The van der Waals surface area contributed by atoms with E-state index in [-0.39, 0.29) is 0 Å². The van der Waals surface area contributed by atoms with Crippen LogP contribution >= 0.6 is 15.9 Å². The topological polar surface area (TPSA) is 38.0 Å². The lowest BCUT2D eigenvalue weighted by atomic mass is 10.4. The molecule has 3 heteroatoms. The van der Waals surface area contributed by atoms with Gasteiger partial charge in [0.1, 0.15) is 0 Å². The Morgan fingerprint density at radius 2 is 2.44 bits per heavy atom. The van der Waals surface area contributed by atoms with E-state index in [1.165, 1.54) is 0 Å². The second-order valence-corrected chi connectivity index (χ2v) is 2.09. The summed E-state index contributed by atoms with van der Waals surface area (Å²) in [6, 6.07) is 0. The number of hydrogen-bond acceptors (Lipinski definition) is 2. The number of hydrogen-bond donors (Lipinski definition) is 2. The van der Waals surface area contributed by atoms with Gasteiger partial charge in [-0.15, -0.1) is 0 Å². The van der Waals surface area contributed by atoms with E-state index in [9.17, 15) is 0 Å². The van der Waals surface area contributed by atoms with Gasteiger partial charge in [-0.3, -0.25) is 5.84 Å². The smallest absolute Gasteiger partial charge is 0.0439 e. The van der Waals surface area contributed by atoms with Crippen molar-refractivity contribution >= 4 is 15.9 Å². The molecular weight excluding hydrogens is 180 g/mol. The van der Waals surface area contributed by atoms with Crippen molar-refractivity contribution in [3.05, 3.63) is 23.9 Å². The summed E-state index contributed by atoms with van der Waals surface area (Å²) in [4.78, 5) is 0. The maximum atomic E-state index is 5.14. The van der Waals surface area contributed by atoms with Crippen LogP contribution < -0.4 is 11.3 Å². The summed E-state index contributed by atoms with van der Waals surface area (Å²) in [6.45, 7) is 1.92. The molecule has 0 rings (SSSR count). The van der Waals surface area contributed by atoms with Crippen molar-refractivity contribution in [2.75, 3.05) is 5.33 Å². The van der Waals surface area contributed by atoms with Gasteiger partial charge >= 0.3 is 0 Å². The molecule has 3 N–H and O–H groups in total. The van der Waals surface area contributed by atoms with Crippen molar-refractivity contribution in [3.63, 3.8) is 0 Å². The fraction of sp³-hybridized carbons (Fsp3) is 0.333. The molecule has 0 saturated carbocycles. The Morgan fingerprint density at radius 1 is 1.78 bits per heavy atom. The van der Waals surface area contributed by atoms with Crippen molar-refractivity contribution in [3.8, 4) is 0 Å². The third kappa shape index (κ3) is 4.24. The summed E-state index contributed by atoms with van der Waals surface area (Å²) in [5, 5.41) is 0.853. The molecule has 0 aromatic carbocycles. The minimum atomic E-state index is 0.853. The summed E-state index contributed by atoms with van der Waals surface area (Å²) in [5.74, 6) is 5.14. The zero-order valence-electron chi connectivity index (χ0n) is 5.39. The van der Waals surface area contributed by atoms with E-state index < -0.39 is 0 Å². The third-order valence-corrected chi connectivity index (χ3v) is 1.24. The van der Waals surface area contributed by atoms with Gasteiger partial charge in [-0.2, -0.15) is 0 Å². The first-order valence-electron chi connectivity index (χ1n) is 2.70. The van der Waals surface area contributed by atoms with Gasteiger partial charge in [0.05, 0.1) is 0 Å². The molecule has 0 unspecified atom stereocenters. The number of nitrogens with one attached hydrogen (secondary N) is 1. The predicted molar refractivity (Wildman–Crippen MR) is 44.0 cm³/mol. The van der Waals surface area contributed by atoms with Crippen LogP contribution in [0.4, 0.5) is 0 Å². The van der Waals surface area contributed by atoms with Crippen molar-refractivity contribution in [1.29, 1.82) is 0 Å². The highest BCUT2D eigenvalue weighted by molar-refractivity contribution is 9.09. The highest BCUT2D eigenvalue weighted by Gasteiger charge is 1.79. The summed E-state index contributed by atoms with van der Waals surface area (Å²) in [7, 11) is 0. The molecule has 0 fully saturated rings. The van der Waals surface area contributed by atoms with Crippen molar-refractivity contribution in [1.82, 2.24) is 5.43 Å². The van der Waals surface area contributed by atoms with E-state index in [0.717, 1.165) is 11.0 Å². The lowest BCUT2D eigenvalue weighted by Crippen LogP contribution is -2.19. The monoisotopic (exact) mass is 190 g/mol. The summed E-state index contributed by atoms with van der Waals surface area (Å²) in [5.41, 5.74) is 3.47. The summed E-state index contributed by atoms with van der Waals surface area (Å²) in [6.07, 6.45) is 5.78. The van der Waals surface area contributed by atoms with Crippen LogP contribution in [-0.4, -0.2) is 5.33 Å². The van der Waals surface area contributed by atoms with E-state index in [0.29, 0.717) is 0 Å².